The minimum atomic E-state index is -0.722. The van der Waals surface area contributed by atoms with Crippen LogP contribution in [0.15, 0.2) is 53.8 Å². The fraction of sp³-hybridized carbons (Fsp3) is 0.400. The van der Waals surface area contributed by atoms with Crippen LogP contribution in [-0.2, 0) is 27.9 Å². The molecule has 1 aliphatic rings. The first-order valence-corrected chi connectivity index (χ1v) is 12.2. The second kappa shape index (κ2) is 10.4. The predicted molar refractivity (Wildman–Crippen MR) is 130 cm³/mol. The van der Waals surface area contributed by atoms with Gasteiger partial charge in [0.25, 0.3) is 0 Å². The van der Waals surface area contributed by atoms with Crippen molar-refractivity contribution in [2.24, 2.45) is 7.05 Å². The Balaban J connectivity index is 1.70. The molecule has 2 amide bonds. The lowest BCUT2D eigenvalue weighted by Gasteiger charge is -2.30. The number of carbonyl (C=O) groups is 2. The topological polar surface area (TPSA) is 76.5 Å². The maximum atomic E-state index is 13.6. The quantitative estimate of drug-likeness (QED) is 0.513. The SMILES string of the molecule is CC(C)OCCCNC(=O)C1c2c(n(C)c3ccccc23)SCC(=O)N1Cc1cccnc1. The summed E-state index contributed by atoms with van der Waals surface area (Å²) < 4.78 is 7.68. The number of hydrogen-bond acceptors (Lipinski definition) is 5. The molecule has 0 radical (unpaired) electrons. The Morgan fingerprint density at radius 2 is 2.09 bits per heavy atom. The molecule has 0 fully saturated rings. The number of aromatic nitrogens is 2. The van der Waals surface area contributed by atoms with Gasteiger partial charge in [0, 0.05) is 55.6 Å². The fourth-order valence-electron chi connectivity index (χ4n) is 4.19. The van der Waals surface area contributed by atoms with Crippen LogP contribution in [0.25, 0.3) is 10.9 Å². The summed E-state index contributed by atoms with van der Waals surface area (Å²) in [6.07, 6.45) is 4.32. The minimum Gasteiger partial charge on any atom is -0.379 e. The molecule has 0 saturated heterocycles. The Morgan fingerprint density at radius 3 is 2.85 bits per heavy atom. The molecule has 2 aromatic heterocycles. The van der Waals surface area contributed by atoms with Gasteiger partial charge in [-0.15, -0.1) is 0 Å². The molecular weight excluding hydrogens is 436 g/mol. The molecule has 3 aromatic rings. The molecular formula is C25H30N4O3S. The summed E-state index contributed by atoms with van der Waals surface area (Å²) in [7, 11) is 1.99. The number of amides is 2. The van der Waals surface area contributed by atoms with Crippen molar-refractivity contribution in [1.82, 2.24) is 19.8 Å². The number of carbonyl (C=O) groups excluding carboxylic acids is 2. The Hall–Kier alpha value is -2.84. The zero-order valence-corrected chi connectivity index (χ0v) is 20.1. The maximum absolute atomic E-state index is 13.6. The van der Waals surface area contributed by atoms with Gasteiger partial charge in [0.15, 0.2) is 0 Å². The van der Waals surface area contributed by atoms with Gasteiger partial charge in [0.1, 0.15) is 6.04 Å². The summed E-state index contributed by atoms with van der Waals surface area (Å²) in [5.41, 5.74) is 2.83. The van der Waals surface area contributed by atoms with Gasteiger partial charge in [-0.3, -0.25) is 14.6 Å². The van der Waals surface area contributed by atoms with Crippen molar-refractivity contribution in [3.63, 3.8) is 0 Å². The van der Waals surface area contributed by atoms with E-state index in [2.05, 4.69) is 20.9 Å². The highest BCUT2D eigenvalue weighted by Gasteiger charge is 2.38. The van der Waals surface area contributed by atoms with E-state index in [1.165, 1.54) is 11.8 Å². The van der Waals surface area contributed by atoms with Crippen LogP contribution in [0.4, 0.5) is 0 Å². The number of pyridine rings is 1. The first-order chi connectivity index (χ1) is 16.0. The van der Waals surface area contributed by atoms with E-state index < -0.39 is 6.04 Å². The molecule has 1 aromatic carbocycles. The fourth-order valence-corrected chi connectivity index (χ4v) is 5.29. The third kappa shape index (κ3) is 5.07. The predicted octanol–water partition coefficient (Wildman–Crippen LogP) is 3.68. The van der Waals surface area contributed by atoms with Crippen LogP contribution in [0, 0.1) is 0 Å². The standard InChI is InChI=1S/C25H30N4O3S/c1-17(2)32-13-7-12-27-24(31)23-22-19-9-4-5-10-20(19)28(3)25(22)33-16-21(30)29(23)15-18-8-6-11-26-14-18/h4-6,8-11,14,17,23H,7,12-13,15-16H2,1-3H3,(H,27,31). The summed E-state index contributed by atoms with van der Waals surface area (Å²) in [6.45, 7) is 5.38. The average molecular weight is 467 g/mol. The van der Waals surface area contributed by atoms with Crippen molar-refractivity contribution in [3.8, 4) is 0 Å². The van der Waals surface area contributed by atoms with Gasteiger partial charge in [-0.05, 0) is 38.0 Å². The van der Waals surface area contributed by atoms with Crippen molar-refractivity contribution >= 4 is 34.5 Å². The summed E-state index contributed by atoms with van der Waals surface area (Å²) >= 11 is 1.50. The van der Waals surface area contributed by atoms with Crippen LogP contribution in [0.1, 0.15) is 37.4 Å². The van der Waals surface area contributed by atoms with Crippen LogP contribution in [0.3, 0.4) is 0 Å². The molecule has 1 unspecified atom stereocenters. The molecule has 33 heavy (non-hydrogen) atoms. The second-order valence-electron chi connectivity index (χ2n) is 8.43. The van der Waals surface area contributed by atoms with Crippen LogP contribution < -0.4 is 5.32 Å². The maximum Gasteiger partial charge on any atom is 0.247 e. The Bertz CT molecular complexity index is 1130. The van der Waals surface area contributed by atoms with E-state index >= 15 is 0 Å². The number of nitrogens with one attached hydrogen (secondary N) is 1. The zero-order valence-electron chi connectivity index (χ0n) is 19.3. The number of ether oxygens (including phenoxy) is 1. The number of hydrogen-bond donors (Lipinski definition) is 1. The molecule has 1 N–H and O–H groups in total. The van der Waals surface area contributed by atoms with E-state index in [-0.39, 0.29) is 23.7 Å². The van der Waals surface area contributed by atoms with E-state index in [0.29, 0.717) is 26.1 Å². The smallest absolute Gasteiger partial charge is 0.247 e. The number of benzene rings is 1. The van der Waals surface area contributed by atoms with Gasteiger partial charge >= 0.3 is 0 Å². The minimum absolute atomic E-state index is 0.0626. The number of para-hydroxylation sites is 1. The Labute approximate surface area is 198 Å². The van der Waals surface area contributed by atoms with E-state index in [0.717, 1.165) is 27.1 Å². The Morgan fingerprint density at radius 1 is 1.27 bits per heavy atom. The van der Waals surface area contributed by atoms with Crippen molar-refractivity contribution in [1.29, 1.82) is 0 Å². The summed E-state index contributed by atoms with van der Waals surface area (Å²) in [4.78, 5) is 32.8. The molecule has 0 bridgehead atoms. The van der Waals surface area contributed by atoms with E-state index in [9.17, 15) is 9.59 Å². The molecule has 0 saturated carbocycles. The summed E-state index contributed by atoms with van der Waals surface area (Å²) in [6, 6.07) is 11.1. The largest absolute Gasteiger partial charge is 0.379 e. The van der Waals surface area contributed by atoms with Crippen molar-refractivity contribution < 1.29 is 14.3 Å². The molecule has 4 rings (SSSR count). The van der Waals surface area contributed by atoms with Gasteiger partial charge in [-0.1, -0.05) is 36.0 Å². The van der Waals surface area contributed by atoms with Crippen LogP contribution in [0.2, 0.25) is 0 Å². The third-order valence-corrected chi connectivity index (χ3v) is 6.88. The molecule has 174 valence electrons. The van der Waals surface area contributed by atoms with E-state index in [4.69, 9.17) is 4.74 Å². The summed E-state index contributed by atoms with van der Waals surface area (Å²) in [5.74, 6) is 0.0491. The molecule has 1 aliphatic heterocycles. The molecule has 1 atom stereocenters. The third-order valence-electron chi connectivity index (χ3n) is 5.72. The highest BCUT2D eigenvalue weighted by atomic mass is 32.2. The first-order valence-electron chi connectivity index (χ1n) is 11.2. The first kappa shape index (κ1) is 23.3. The van der Waals surface area contributed by atoms with Gasteiger partial charge in [-0.25, -0.2) is 0 Å². The average Bonchev–Trinajstić information content (AvgIpc) is 2.99. The van der Waals surface area contributed by atoms with E-state index in [1.807, 2.05) is 51.2 Å². The molecule has 0 spiro atoms. The number of rotatable bonds is 8. The lowest BCUT2D eigenvalue weighted by atomic mass is 10.0. The highest BCUT2D eigenvalue weighted by Crippen LogP contribution is 2.42. The van der Waals surface area contributed by atoms with Crippen LogP contribution >= 0.6 is 11.8 Å². The normalized spacial score (nSPS) is 16.2. The lowest BCUT2D eigenvalue weighted by Crippen LogP contribution is -2.43. The number of fused-ring (bicyclic) bond motifs is 3. The molecule has 7 nitrogen and oxygen atoms in total. The van der Waals surface area contributed by atoms with Crippen molar-refractivity contribution in [2.75, 3.05) is 18.9 Å². The van der Waals surface area contributed by atoms with Gasteiger partial charge in [-0.2, -0.15) is 0 Å². The van der Waals surface area contributed by atoms with Gasteiger partial charge in [0.05, 0.1) is 16.9 Å². The van der Waals surface area contributed by atoms with Crippen molar-refractivity contribution in [3.05, 3.63) is 59.9 Å². The van der Waals surface area contributed by atoms with Crippen molar-refractivity contribution in [2.45, 2.75) is 44.0 Å². The van der Waals surface area contributed by atoms with E-state index in [1.54, 1.807) is 17.3 Å². The Kier molecular flexibility index (Phi) is 7.35. The number of nitrogens with zero attached hydrogens (tertiary/aromatic N) is 3. The van der Waals surface area contributed by atoms with Crippen LogP contribution in [0.5, 0.6) is 0 Å². The monoisotopic (exact) mass is 466 g/mol. The summed E-state index contributed by atoms with van der Waals surface area (Å²) in [5, 5.41) is 5.01. The number of thioether (sulfide) groups is 1. The lowest BCUT2D eigenvalue weighted by molar-refractivity contribution is -0.139. The second-order valence-corrected chi connectivity index (χ2v) is 9.40. The van der Waals surface area contributed by atoms with Gasteiger partial charge in [0.2, 0.25) is 11.8 Å². The highest BCUT2D eigenvalue weighted by molar-refractivity contribution is 8.00. The van der Waals surface area contributed by atoms with Gasteiger partial charge < -0.3 is 19.5 Å². The molecule has 8 heteroatoms. The number of aryl methyl sites for hydroxylation is 1. The molecule has 0 aliphatic carbocycles. The van der Waals surface area contributed by atoms with Crippen LogP contribution in [-0.4, -0.2) is 51.3 Å². The zero-order chi connectivity index (χ0) is 23.4. The molecule has 3 heterocycles.